The van der Waals surface area contributed by atoms with E-state index < -0.39 is 15.3 Å². The van der Waals surface area contributed by atoms with Crippen LogP contribution < -0.4 is 10.5 Å². The van der Waals surface area contributed by atoms with Crippen LogP contribution in [0.1, 0.15) is 26.7 Å². The predicted molar refractivity (Wildman–Crippen MR) is 119 cm³/mol. The average Bonchev–Trinajstić information content (AvgIpc) is 3.03. The zero-order valence-electron chi connectivity index (χ0n) is 16.5. The first kappa shape index (κ1) is 22.5. The summed E-state index contributed by atoms with van der Waals surface area (Å²) in [5, 5.41) is 8.65. The van der Waals surface area contributed by atoms with Crippen LogP contribution in [0.15, 0.2) is 46.6 Å². The zero-order chi connectivity index (χ0) is 21.9. The maximum atomic E-state index is 12.6. The van der Waals surface area contributed by atoms with Gasteiger partial charge in [0.15, 0.2) is 5.16 Å². The van der Waals surface area contributed by atoms with Crippen molar-refractivity contribution in [3.63, 3.8) is 0 Å². The minimum Gasteiger partial charge on any atom is -0.319 e. The van der Waals surface area contributed by atoms with Crippen LogP contribution in [0.4, 0.5) is 5.82 Å². The Bertz CT molecular complexity index is 1160. The van der Waals surface area contributed by atoms with Crippen LogP contribution in [0.3, 0.4) is 0 Å². The Morgan fingerprint density at radius 1 is 1.33 bits per heavy atom. The molecule has 0 saturated heterocycles. The number of hydrogen-bond acceptors (Lipinski definition) is 6. The summed E-state index contributed by atoms with van der Waals surface area (Å²) < 4.78 is 25.3. The largest absolute Gasteiger partial charge is 0.319 e. The van der Waals surface area contributed by atoms with Crippen LogP contribution in [0.5, 0.6) is 0 Å². The number of sulfonamides is 1. The lowest BCUT2D eigenvalue weighted by Gasteiger charge is -2.13. The van der Waals surface area contributed by atoms with Crippen LogP contribution >= 0.6 is 23.4 Å². The molecule has 2 heterocycles. The molecule has 8 nitrogen and oxygen atoms in total. The van der Waals surface area contributed by atoms with Crippen molar-refractivity contribution in [3.05, 3.63) is 41.6 Å². The maximum Gasteiger partial charge on any atom is 0.238 e. The number of pyridine rings is 1. The van der Waals surface area contributed by atoms with E-state index in [0.717, 1.165) is 18.4 Å². The number of primary sulfonamides is 1. The van der Waals surface area contributed by atoms with Gasteiger partial charge in [-0.15, -0.1) is 0 Å². The van der Waals surface area contributed by atoms with Gasteiger partial charge in [0.05, 0.1) is 26.2 Å². The highest BCUT2D eigenvalue weighted by Crippen LogP contribution is 2.29. The Kier molecular flexibility index (Phi) is 7.02. The van der Waals surface area contributed by atoms with E-state index >= 15 is 0 Å². The number of hydrogen-bond donors (Lipinski definition) is 2. The number of nitrogens with one attached hydrogen (secondary N) is 1. The predicted octanol–water partition coefficient (Wildman–Crippen LogP) is 3.65. The van der Waals surface area contributed by atoms with E-state index in [4.69, 9.17) is 16.7 Å². The third-order valence-corrected chi connectivity index (χ3v) is 6.60. The van der Waals surface area contributed by atoms with Crippen molar-refractivity contribution in [2.45, 2.75) is 48.5 Å². The number of aromatic nitrogens is 3. The molecule has 0 fully saturated rings. The van der Waals surface area contributed by atoms with Crippen LogP contribution in [0, 0.1) is 0 Å². The number of nitrogens with zero attached hydrogens (tertiary/aromatic N) is 3. The number of fused-ring (bicyclic) bond motifs is 1. The monoisotopic (exact) mass is 467 g/mol. The molecule has 3 rings (SSSR count). The lowest BCUT2D eigenvalue weighted by molar-refractivity contribution is -0.115. The zero-order valence-corrected chi connectivity index (χ0v) is 18.9. The second-order valence-electron chi connectivity index (χ2n) is 6.71. The Labute approximate surface area is 184 Å². The standard InChI is InChI=1S/C19H22ClN5O3S2/c1-3-4-9-25-16-7-6-14(30(21,27)28)10-15(16)23-19(25)29-12(2)18(26)24-17-8-5-13(20)11-22-17/h5-8,10-12H,3-4,9H2,1-2H3,(H2,21,27,28)(H,22,24,26)/t12-/m0/s1. The summed E-state index contributed by atoms with van der Waals surface area (Å²) >= 11 is 7.11. The molecule has 11 heteroatoms. The number of aryl methyl sites for hydroxylation is 1. The van der Waals surface area contributed by atoms with Crippen molar-refractivity contribution in [1.82, 2.24) is 14.5 Å². The molecule has 0 aliphatic rings. The van der Waals surface area contributed by atoms with Gasteiger partial charge in [0, 0.05) is 12.7 Å². The fraction of sp³-hybridized carbons (Fsp3) is 0.316. The van der Waals surface area contributed by atoms with Gasteiger partial charge in [0.1, 0.15) is 5.82 Å². The van der Waals surface area contributed by atoms with Crippen LogP contribution in [0.2, 0.25) is 5.02 Å². The van der Waals surface area contributed by atoms with Crippen molar-refractivity contribution in [2.75, 3.05) is 5.32 Å². The quantitative estimate of drug-likeness (QED) is 0.488. The Morgan fingerprint density at radius 2 is 2.10 bits per heavy atom. The normalized spacial score (nSPS) is 12.8. The van der Waals surface area contributed by atoms with Gasteiger partial charge in [-0.2, -0.15) is 0 Å². The van der Waals surface area contributed by atoms with E-state index in [1.165, 1.54) is 30.1 Å². The molecule has 1 atom stereocenters. The van der Waals surface area contributed by atoms with E-state index in [-0.39, 0.29) is 10.8 Å². The molecule has 1 amide bonds. The molecule has 160 valence electrons. The average molecular weight is 468 g/mol. The minimum atomic E-state index is -3.83. The van der Waals surface area contributed by atoms with Crippen molar-refractivity contribution >= 4 is 56.1 Å². The Balaban J connectivity index is 1.87. The van der Waals surface area contributed by atoms with Gasteiger partial charge < -0.3 is 9.88 Å². The van der Waals surface area contributed by atoms with E-state index in [1.54, 1.807) is 25.1 Å². The van der Waals surface area contributed by atoms with Crippen molar-refractivity contribution in [3.8, 4) is 0 Å². The Morgan fingerprint density at radius 3 is 2.73 bits per heavy atom. The first-order chi connectivity index (χ1) is 14.2. The van der Waals surface area contributed by atoms with Crippen LogP contribution in [0.25, 0.3) is 11.0 Å². The summed E-state index contributed by atoms with van der Waals surface area (Å²) in [5.74, 6) is 0.184. The molecule has 0 spiro atoms. The number of anilines is 1. The Hall–Kier alpha value is -2.14. The fourth-order valence-electron chi connectivity index (χ4n) is 2.78. The second kappa shape index (κ2) is 9.34. The third kappa shape index (κ3) is 5.31. The number of carbonyl (C=O) groups is 1. The van der Waals surface area contributed by atoms with Gasteiger partial charge in [-0.3, -0.25) is 4.79 Å². The molecule has 3 N–H and O–H groups in total. The number of carbonyl (C=O) groups excluding carboxylic acids is 1. The van der Waals surface area contributed by atoms with E-state index in [1.807, 2.05) is 4.57 Å². The lowest BCUT2D eigenvalue weighted by atomic mass is 10.3. The SMILES string of the molecule is CCCCn1c(S[C@@H](C)C(=O)Nc2ccc(Cl)cn2)nc2cc(S(N)(=O)=O)ccc21. The van der Waals surface area contributed by atoms with Crippen molar-refractivity contribution < 1.29 is 13.2 Å². The molecule has 1 aromatic carbocycles. The number of imidazole rings is 1. The molecule has 2 aromatic heterocycles. The first-order valence-corrected chi connectivity index (χ1v) is 12.1. The molecule has 0 saturated carbocycles. The number of amides is 1. The molecular weight excluding hydrogens is 446 g/mol. The highest BCUT2D eigenvalue weighted by molar-refractivity contribution is 8.00. The van der Waals surface area contributed by atoms with Gasteiger partial charge >= 0.3 is 0 Å². The summed E-state index contributed by atoms with van der Waals surface area (Å²) in [6.45, 7) is 4.56. The molecular formula is C19H22ClN5O3S2. The number of nitrogens with two attached hydrogens (primary N) is 1. The van der Waals surface area contributed by atoms with E-state index in [0.29, 0.717) is 28.1 Å². The summed E-state index contributed by atoms with van der Waals surface area (Å²) in [5.41, 5.74) is 1.32. The number of halogens is 1. The van der Waals surface area contributed by atoms with Crippen molar-refractivity contribution in [1.29, 1.82) is 0 Å². The number of rotatable bonds is 8. The molecule has 0 bridgehead atoms. The smallest absolute Gasteiger partial charge is 0.238 e. The van der Waals surface area contributed by atoms with Crippen molar-refractivity contribution in [2.24, 2.45) is 5.14 Å². The number of benzene rings is 1. The maximum absolute atomic E-state index is 12.6. The highest BCUT2D eigenvalue weighted by atomic mass is 35.5. The molecule has 0 unspecified atom stereocenters. The summed E-state index contributed by atoms with van der Waals surface area (Å²) in [6.07, 6.45) is 3.37. The van der Waals surface area contributed by atoms with Crippen LogP contribution in [-0.2, 0) is 21.4 Å². The van der Waals surface area contributed by atoms with Crippen LogP contribution in [-0.4, -0.2) is 34.1 Å². The molecule has 0 aliphatic heterocycles. The molecule has 0 aliphatic carbocycles. The fourth-order valence-corrected chi connectivity index (χ4v) is 4.37. The number of unbranched alkanes of at least 4 members (excludes halogenated alkanes) is 1. The van der Waals surface area contributed by atoms with Gasteiger partial charge in [-0.25, -0.2) is 23.5 Å². The van der Waals surface area contributed by atoms with Gasteiger partial charge in [-0.05, 0) is 43.7 Å². The highest BCUT2D eigenvalue weighted by Gasteiger charge is 2.21. The molecule has 30 heavy (non-hydrogen) atoms. The summed E-state index contributed by atoms with van der Waals surface area (Å²) in [7, 11) is -3.83. The van der Waals surface area contributed by atoms with Gasteiger partial charge in [0.2, 0.25) is 15.9 Å². The van der Waals surface area contributed by atoms with Gasteiger partial charge in [0.25, 0.3) is 0 Å². The summed E-state index contributed by atoms with van der Waals surface area (Å²) in [6, 6.07) is 7.90. The van der Waals surface area contributed by atoms with E-state index in [9.17, 15) is 13.2 Å². The number of thioether (sulfide) groups is 1. The molecule has 0 radical (unpaired) electrons. The third-order valence-electron chi connectivity index (χ3n) is 4.38. The summed E-state index contributed by atoms with van der Waals surface area (Å²) in [4.78, 5) is 21.2. The second-order valence-corrected chi connectivity index (χ2v) is 10.0. The van der Waals surface area contributed by atoms with Gasteiger partial charge in [-0.1, -0.05) is 36.7 Å². The lowest BCUT2D eigenvalue weighted by Crippen LogP contribution is -2.23. The first-order valence-electron chi connectivity index (χ1n) is 9.31. The topological polar surface area (TPSA) is 120 Å². The molecule has 3 aromatic rings. The van der Waals surface area contributed by atoms with E-state index in [2.05, 4.69) is 22.2 Å². The minimum absolute atomic E-state index is 0.00583.